The van der Waals surface area contributed by atoms with E-state index in [-0.39, 0.29) is 10.8 Å². The molecule has 0 N–H and O–H groups in total. The van der Waals surface area contributed by atoms with E-state index in [4.69, 9.17) is 4.74 Å². The monoisotopic (exact) mass is 428 g/mol. The number of amides is 1. The Morgan fingerprint density at radius 1 is 1.14 bits per heavy atom. The molecule has 2 fully saturated rings. The second kappa shape index (κ2) is 9.43. The highest BCUT2D eigenvalue weighted by atomic mass is 32.2. The number of carbonyl (C=O) groups excluding carboxylic acids is 1. The highest BCUT2D eigenvalue weighted by Crippen LogP contribution is 2.20. The van der Waals surface area contributed by atoms with Crippen molar-refractivity contribution in [3.8, 4) is 0 Å². The smallest absolute Gasteiger partial charge is 0.244 e. The summed E-state index contributed by atoms with van der Waals surface area (Å²) in [6.07, 6.45) is 1.43. The van der Waals surface area contributed by atoms with Gasteiger partial charge in [-0.2, -0.15) is 4.31 Å². The van der Waals surface area contributed by atoms with Crippen molar-refractivity contribution in [1.29, 1.82) is 0 Å². The Balaban J connectivity index is 1.57. The molecular weight excluding hydrogens is 400 g/mol. The Morgan fingerprint density at radius 2 is 1.82 bits per heavy atom. The molecule has 10 heteroatoms. The second-order valence-corrected chi connectivity index (χ2v) is 10.6. The molecule has 28 heavy (non-hydrogen) atoms. The van der Waals surface area contributed by atoms with Gasteiger partial charge in [0.05, 0.1) is 19.0 Å². The minimum absolute atomic E-state index is 0.179. The van der Waals surface area contributed by atoms with Crippen LogP contribution in [0.1, 0.15) is 13.8 Å². The predicted molar refractivity (Wildman–Crippen MR) is 110 cm³/mol. The molecule has 0 bridgehead atoms. The zero-order valence-electron chi connectivity index (χ0n) is 16.4. The summed E-state index contributed by atoms with van der Waals surface area (Å²) in [5.74, 6) is 1.44. The van der Waals surface area contributed by atoms with Gasteiger partial charge in [-0.3, -0.25) is 4.79 Å². The van der Waals surface area contributed by atoms with Crippen LogP contribution in [0.15, 0.2) is 23.2 Å². The number of nitrogens with zero attached hydrogens (tertiary/aromatic N) is 4. The molecule has 0 unspecified atom stereocenters. The third-order valence-corrected chi connectivity index (χ3v) is 7.79. The van der Waals surface area contributed by atoms with E-state index in [0.29, 0.717) is 63.5 Å². The van der Waals surface area contributed by atoms with E-state index < -0.39 is 10.0 Å². The lowest BCUT2D eigenvalue weighted by atomic mass is 10.3. The lowest BCUT2D eigenvalue weighted by Crippen LogP contribution is -2.49. The summed E-state index contributed by atoms with van der Waals surface area (Å²) in [6, 6.07) is 3.36. The highest BCUT2D eigenvalue weighted by Gasteiger charge is 2.27. The summed E-state index contributed by atoms with van der Waals surface area (Å²) >= 11 is 1.66. The lowest BCUT2D eigenvalue weighted by molar-refractivity contribution is -0.128. The maximum absolute atomic E-state index is 12.7. The molecule has 0 aliphatic carbocycles. The number of hydrogen-bond donors (Lipinski definition) is 0. The standard InChI is InChI=1S/C18H28N4O4S2/c1-15(2)27-14-18(23)21-7-5-20(6-8-21)17-4-3-16(13-19-17)28(24,25)22-9-11-26-12-10-22/h3-4,13,15H,5-12,14H2,1-2H3. The van der Waals surface area contributed by atoms with Crippen LogP contribution in [-0.2, 0) is 19.6 Å². The number of piperazine rings is 1. The van der Waals surface area contributed by atoms with Gasteiger partial charge in [-0.15, -0.1) is 11.8 Å². The summed E-state index contributed by atoms with van der Waals surface area (Å²) in [7, 11) is -3.53. The van der Waals surface area contributed by atoms with Crippen LogP contribution in [0, 0.1) is 0 Å². The minimum atomic E-state index is -3.53. The van der Waals surface area contributed by atoms with Gasteiger partial charge in [-0.05, 0) is 17.4 Å². The lowest BCUT2D eigenvalue weighted by Gasteiger charge is -2.35. The summed E-state index contributed by atoms with van der Waals surface area (Å²) in [5, 5.41) is 0.446. The van der Waals surface area contributed by atoms with E-state index in [1.165, 1.54) is 10.5 Å². The minimum Gasteiger partial charge on any atom is -0.379 e. The highest BCUT2D eigenvalue weighted by molar-refractivity contribution is 8.00. The van der Waals surface area contributed by atoms with Crippen molar-refractivity contribution < 1.29 is 17.9 Å². The third-order valence-electron chi connectivity index (χ3n) is 4.83. The molecule has 1 aromatic rings. The summed E-state index contributed by atoms with van der Waals surface area (Å²) in [6.45, 7) is 8.47. The predicted octanol–water partition coefficient (Wildman–Crippen LogP) is 0.893. The number of rotatable bonds is 6. The number of morpholine rings is 1. The SMILES string of the molecule is CC(C)SCC(=O)N1CCN(c2ccc(S(=O)(=O)N3CCOCC3)cn2)CC1. The van der Waals surface area contributed by atoms with Crippen LogP contribution in [0.5, 0.6) is 0 Å². The molecule has 0 spiro atoms. The molecule has 3 rings (SSSR count). The van der Waals surface area contributed by atoms with E-state index in [0.717, 1.165) is 5.82 Å². The molecule has 2 aliphatic heterocycles. The zero-order chi connectivity index (χ0) is 20.1. The van der Waals surface area contributed by atoms with Gasteiger partial charge >= 0.3 is 0 Å². The molecule has 1 aromatic heterocycles. The number of pyridine rings is 1. The Bertz CT molecular complexity index is 756. The molecular formula is C18H28N4O4S2. The van der Waals surface area contributed by atoms with E-state index in [1.807, 2.05) is 4.90 Å². The van der Waals surface area contributed by atoms with Crippen LogP contribution >= 0.6 is 11.8 Å². The number of aromatic nitrogens is 1. The molecule has 0 aromatic carbocycles. The van der Waals surface area contributed by atoms with Crippen LogP contribution < -0.4 is 4.90 Å². The normalized spacial score (nSPS) is 19.2. The first-order valence-electron chi connectivity index (χ1n) is 9.56. The first kappa shape index (κ1) is 21.4. The Kier molecular flexibility index (Phi) is 7.19. The topological polar surface area (TPSA) is 83.1 Å². The molecule has 1 amide bonds. The fourth-order valence-electron chi connectivity index (χ4n) is 3.16. The number of hydrogen-bond acceptors (Lipinski definition) is 7. The van der Waals surface area contributed by atoms with E-state index in [2.05, 4.69) is 23.7 Å². The van der Waals surface area contributed by atoms with Crippen molar-refractivity contribution in [2.24, 2.45) is 0 Å². The zero-order valence-corrected chi connectivity index (χ0v) is 18.0. The van der Waals surface area contributed by atoms with Gasteiger partial charge < -0.3 is 14.5 Å². The number of thioether (sulfide) groups is 1. The third kappa shape index (κ3) is 5.16. The van der Waals surface area contributed by atoms with Gasteiger partial charge in [0.15, 0.2) is 0 Å². The van der Waals surface area contributed by atoms with Gasteiger partial charge in [-0.1, -0.05) is 13.8 Å². The van der Waals surface area contributed by atoms with Crippen LogP contribution in [0.2, 0.25) is 0 Å². The van der Waals surface area contributed by atoms with Crippen molar-refractivity contribution in [1.82, 2.24) is 14.2 Å². The number of anilines is 1. The van der Waals surface area contributed by atoms with Gasteiger partial charge in [0.2, 0.25) is 15.9 Å². The second-order valence-electron chi connectivity index (χ2n) is 7.10. The van der Waals surface area contributed by atoms with Crippen LogP contribution in [0.25, 0.3) is 0 Å². The molecule has 0 radical (unpaired) electrons. The Labute approximate surface area is 171 Å². The molecule has 3 heterocycles. The van der Waals surface area contributed by atoms with Crippen LogP contribution in [-0.4, -0.2) is 92.0 Å². The maximum atomic E-state index is 12.7. The average molecular weight is 429 g/mol. The molecule has 0 atom stereocenters. The van der Waals surface area contributed by atoms with Crippen molar-refractivity contribution in [3.63, 3.8) is 0 Å². The number of carbonyl (C=O) groups is 1. The fourth-order valence-corrected chi connectivity index (χ4v) is 5.17. The van der Waals surface area contributed by atoms with Crippen LogP contribution in [0.4, 0.5) is 5.82 Å². The largest absolute Gasteiger partial charge is 0.379 e. The molecule has 2 saturated heterocycles. The average Bonchev–Trinajstić information content (AvgIpc) is 2.73. The summed E-state index contributed by atoms with van der Waals surface area (Å²) < 4.78 is 32.0. The number of sulfonamides is 1. The van der Waals surface area contributed by atoms with E-state index in [1.54, 1.807) is 23.9 Å². The van der Waals surface area contributed by atoms with Gasteiger partial charge in [0.25, 0.3) is 0 Å². The van der Waals surface area contributed by atoms with Gasteiger partial charge in [0, 0.05) is 45.5 Å². The Morgan fingerprint density at radius 3 is 2.39 bits per heavy atom. The summed E-state index contributed by atoms with van der Waals surface area (Å²) in [5.41, 5.74) is 0. The molecule has 8 nitrogen and oxygen atoms in total. The molecule has 0 saturated carbocycles. The maximum Gasteiger partial charge on any atom is 0.244 e. The first-order valence-corrected chi connectivity index (χ1v) is 12.0. The molecule has 156 valence electrons. The Hall–Kier alpha value is -1.36. The van der Waals surface area contributed by atoms with Crippen molar-refractivity contribution in [2.45, 2.75) is 24.0 Å². The van der Waals surface area contributed by atoms with Gasteiger partial charge in [-0.25, -0.2) is 13.4 Å². The van der Waals surface area contributed by atoms with Crippen molar-refractivity contribution >= 4 is 33.5 Å². The van der Waals surface area contributed by atoms with E-state index >= 15 is 0 Å². The first-order chi connectivity index (χ1) is 13.4. The van der Waals surface area contributed by atoms with E-state index in [9.17, 15) is 13.2 Å². The van der Waals surface area contributed by atoms with Crippen LogP contribution in [0.3, 0.4) is 0 Å². The van der Waals surface area contributed by atoms with Crippen molar-refractivity contribution in [3.05, 3.63) is 18.3 Å². The molecule has 2 aliphatic rings. The quantitative estimate of drug-likeness (QED) is 0.665. The summed E-state index contributed by atoms with van der Waals surface area (Å²) in [4.78, 5) is 20.8. The van der Waals surface area contributed by atoms with Gasteiger partial charge in [0.1, 0.15) is 10.7 Å². The fraction of sp³-hybridized carbons (Fsp3) is 0.667. The number of ether oxygens (including phenoxy) is 1. The van der Waals surface area contributed by atoms with Crippen molar-refractivity contribution in [2.75, 3.05) is 63.1 Å².